The lowest BCUT2D eigenvalue weighted by Gasteiger charge is -2.17. The summed E-state index contributed by atoms with van der Waals surface area (Å²) < 4.78 is 10.6. The molecule has 0 aliphatic carbocycles. The van der Waals surface area contributed by atoms with Crippen LogP contribution in [0, 0.1) is 0 Å². The van der Waals surface area contributed by atoms with Gasteiger partial charge in [-0.15, -0.1) is 0 Å². The Morgan fingerprint density at radius 2 is 1.87 bits per heavy atom. The molecule has 0 rings (SSSR count). The van der Waals surface area contributed by atoms with Gasteiger partial charge in [-0.05, 0) is 12.8 Å². The Bertz CT molecular complexity index is 157. The van der Waals surface area contributed by atoms with E-state index in [-0.39, 0.29) is 12.1 Å². The fourth-order valence-electron chi connectivity index (χ4n) is 1.25. The van der Waals surface area contributed by atoms with Gasteiger partial charge in [0.25, 0.3) is 0 Å². The Balaban J connectivity index is 3.67. The maximum atomic E-state index is 10.7. The third kappa shape index (κ3) is 9.73. The highest BCUT2D eigenvalue weighted by molar-refractivity contribution is 5.65. The molecular formula is C12H24O3. The predicted molar refractivity (Wildman–Crippen MR) is 60.8 cm³/mol. The van der Waals surface area contributed by atoms with E-state index in [1.165, 1.54) is 6.92 Å². The average molecular weight is 216 g/mol. The standard InChI is InChI=1S/C12H24O3/c1-4-6-8-12(10-15-11(3)13)14-9-7-5-2/h12H,4-10H2,1-3H3. The van der Waals surface area contributed by atoms with E-state index in [0.29, 0.717) is 6.61 Å². The van der Waals surface area contributed by atoms with Crippen molar-refractivity contribution in [2.45, 2.75) is 59.0 Å². The fourth-order valence-corrected chi connectivity index (χ4v) is 1.25. The number of hydrogen-bond acceptors (Lipinski definition) is 3. The van der Waals surface area contributed by atoms with Gasteiger partial charge in [0.1, 0.15) is 6.61 Å². The highest BCUT2D eigenvalue weighted by atomic mass is 16.6. The number of hydrogen-bond donors (Lipinski definition) is 0. The summed E-state index contributed by atoms with van der Waals surface area (Å²) in [4.78, 5) is 10.7. The Morgan fingerprint density at radius 3 is 2.40 bits per heavy atom. The van der Waals surface area contributed by atoms with Gasteiger partial charge in [-0.25, -0.2) is 0 Å². The molecule has 0 aliphatic heterocycles. The van der Waals surface area contributed by atoms with E-state index in [0.717, 1.165) is 38.7 Å². The van der Waals surface area contributed by atoms with Crippen LogP contribution in [-0.4, -0.2) is 25.3 Å². The molecule has 90 valence electrons. The molecule has 1 atom stereocenters. The molecule has 0 heterocycles. The molecule has 15 heavy (non-hydrogen) atoms. The largest absolute Gasteiger partial charge is 0.463 e. The number of ether oxygens (including phenoxy) is 2. The molecule has 0 saturated carbocycles. The molecule has 0 aromatic rings. The summed E-state index contributed by atoms with van der Waals surface area (Å²) in [7, 11) is 0. The monoisotopic (exact) mass is 216 g/mol. The second-order valence-corrected chi connectivity index (χ2v) is 3.79. The summed E-state index contributed by atoms with van der Waals surface area (Å²) in [5.74, 6) is -0.226. The molecule has 0 fully saturated rings. The third-order valence-corrected chi connectivity index (χ3v) is 2.20. The zero-order valence-electron chi connectivity index (χ0n) is 10.3. The van der Waals surface area contributed by atoms with Crippen LogP contribution in [0.2, 0.25) is 0 Å². The molecule has 1 unspecified atom stereocenters. The molecule has 0 aromatic heterocycles. The van der Waals surface area contributed by atoms with Crippen molar-refractivity contribution in [2.75, 3.05) is 13.2 Å². The van der Waals surface area contributed by atoms with Crippen molar-refractivity contribution in [1.29, 1.82) is 0 Å². The lowest BCUT2D eigenvalue weighted by molar-refractivity contribution is -0.145. The molecule has 0 N–H and O–H groups in total. The van der Waals surface area contributed by atoms with Crippen molar-refractivity contribution in [3.63, 3.8) is 0 Å². The molecule has 3 heteroatoms. The average Bonchev–Trinajstić information content (AvgIpc) is 2.21. The molecule has 0 aromatic carbocycles. The fraction of sp³-hybridized carbons (Fsp3) is 0.917. The summed E-state index contributed by atoms with van der Waals surface area (Å²) in [6.45, 7) is 6.89. The number of rotatable bonds is 9. The first kappa shape index (κ1) is 14.4. The summed E-state index contributed by atoms with van der Waals surface area (Å²) in [5, 5.41) is 0. The Hall–Kier alpha value is -0.570. The minimum Gasteiger partial charge on any atom is -0.463 e. The lowest BCUT2D eigenvalue weighted by atomic mass is 10.2. The van der Waals surface area contributed by atoms with Crippen LogP contribution in [0.4, 0.5) is 0 Å². The molecule has 0 spiro atoms. The molecule has 0 radical (unpaired) electrons. The van der Waals surface area contributed by atoms with E-state index < -0.39 is 0 Å². The van der Waals surface area contributed by atoms with Crippen molar-refractivity contribution in [1.82, 2.24) is 0 Å². The van der Waals surface area contributed by atoms with Gasteiger partial charge < -0.3 is 9.47 Å². The van der Waals surface area contributed by atoms with Crippen LogP contribution in [0.1, 0.15) is 52.9 Å². The van der Waals surface area contributed by atoms with E-state index in [1.807, 2.05) is 0 Å². The first-order chi connectivity index (χ1) is 7.20. The Morgan fingerprint density at radius 1 is 1.20 bits per heavy atom. The van der Waals surface area contributed by atoms with Crippen LogP contribution in [-0.2, 0) is 14.3 Å². The van der Waals surface area contributed by atoms with Gasteiger partial charge >= 0.3 is 5.97 Å². The van der Waals surface area contributed by atoms with Crippen LogP contribution in [0.5, 0.6) is 0 Å². The van der Waals surface area contributed by atoms with Gasteiger partial charge in [0.2, 0.25) is 0 Å². The summed E-state index contributed by atoms with van der Waals surface area (Å²) in [5.41, 5.74) is 0. The highest BCUT2D eigenvalue weighted by Gasteiger charge is 2.10. The highest BCUT2D eigenvalue weighted by Crippen LogP contribution is 2.07. The first-order valence-corrected chi connectivity index (χ1v) is 5.95. The van der Waals surface area contributed by atoms with E-state index in [2.05, 4.69) is 13.8 Å². The third-order valence-electron chi connectivity index (χ3n) is 2.20. The van der Waals surface area contributed by atoms with Gasteiger partial charge in [0, 0.05) is 13.5 Å². The summed E-state index contributed by atoms with van der Waals surface area (Å²) in [6, 6.07) is 0. The topological polar surface area (TPSA) is 35.5 Å². The first-order valence-electron chi connectivity index (χ1n) is 5.95. The predicted octanol–water partition coefficient (Wildman–Crippen LogP) is 2.93. The lowest BCUT2D eigenvalue weighted by Crippen LogP contribution is -2.22. The van der Waals surface area contributed by atoms with Crippen LogP contribution in [0.15, 0.2) is 0 Å². The molecular weight excluding hydrogens is 192 g/mol. The molecule has 0 amide bonds. The number of carbonyl (C=O) groups excluding carboxylic acids is 1. The van der Waals surface area contributed by atoms with Crippen molar-refractivity contribution >= 4 is 5.97 Å². The van der Waals surface area contributed by atoms with Gasteiger partial charge in [-0.1, -0.05) is 33.1 Å². The summed E-state index contributed by atoms with van der Waals surface area (Å²) >= 11 is 0. The van der Waals surface area contributed by atoms with E-state index in [1.54, 1.807) is 0 Å². The van der Waals surface area contributed by atoms with Crippen molar-refractivity contribution in [2.24, 2.45) is 0 Å². The van der Waals surface area contributed by atoms with E-state index >= 15 is 0 Å². The smallest absolute Gasteiger partial charge is 0.302 e. The Labute approximate surface area is 93.1 Å². The number of carbonyl (C=O) groups is 1. The van der Waals surface area contributed by atoms with Crippen LogP contribution >= 0.6 is 0 Å². The Kier molecular flexibility index (Phi) is 9.59. The van der Waals surface area contributed by atoms with E-state index in [9.17, 15) is 4.79 Å². The maximum Gasteiger partial charge on any atom is 0.302 e. The SMILES string of the molecule is CCCCOC(CCCC)COC(C)=O. The van der Waals surface area contributed by atoms with Crippen LogP contribution in [0.3, 0.4) is 0 Å². The van der Waals surface area contributed by atoms with Gasteiger partial charge in [-0.2, -0.15) is 0 Å². The van der Waals surface area contributed by atoms with Crippen molar-refractivity contribution < 1.29 is 14.3 Å². The van der Waals surface area contributed by atoms with Crippen LogP contribution in [0.25, 0.3) is 0 Å². The quantitative estimate of drug-likeness (QED) is 0.439. The van der Waals surface area contributed by atoms with Crippen LogP contribution < -0.4 is 0 Å². The van der Waals surface area contributed by atoms with Gasteiger partial charge in [0.05, 0.1) is 6.10 Å². The molecule has 0 bridgehead atoms. The van der Waals surface area contributed by atoms with Crippen molar-refractivity contribution in [3.05, 3.63) is 0 Å². The number of unbranched alkanes of at least 4 members (excludes halogenated alkanes) is 2. The molecule has 0 aliphatic rings. The normalized spacial score (nSPS) is 12.5. The summed E-state index contributed by atoms with van der Waals surface area (Å²) in [6.07, 6.45) is 5.54. The zero-order valence-corrected chi connectivity index (χ0v) is 10.3. The van der Waals surface area contributed by atoms with Crippen molar-refractivity contribution in [3.8, 4) is 0 Å². The van der Waals surface area contributed by atoms with E-state index in [4.69, 9.17) is 9.47 Å². The maximum absolute atomic E-state index is 10.7. The molecule has 0 saturated heterocycles. The zero-order chi connectivity index (χ0) is 11.5. The minimum atomic E-state index is -0.226. The number of esters is 1. The van der Waals surface area contributed by atoms with Gasteiger partial charge in [0.15, 0.2) is 0 Å². The second-order valence-electron chi connectivity index (χ2n) is 3.79. The molecule has 3 nitrogen and oxygen atoms in total. The van der Waals surface area contributed by atoms with Gasteiger partial charge in [-0.3, -0.25) is 4.79 Å². The minimum absolute atomic E-state index is 0.0837. The second kappa shape index (κ2) is 9.97.